The molecule has 184 valence electrons. The molecular weight excluding hydrogens is 517 g/mol. The van der Waals surface area contributed by atoms with Crippen LogP contribution in [-0.2, 0) is 20.6 Å². The topological polar surface area (TPSA) is 60.9 Å². The maximum absolute atomic E-state index is 13.3. The Labute approximate surface area is 216 Å². The third kappa shape index (κ3) is 5.65. The molecule has 2 aromatic carbocycles. The number of benzene rings is 2. The fraction of sp³-hybridized carbons (Fsp3) is 0.458. The minimum atomic E-state index is -3.66. The molecule has 2 aromatic rings. The number of piperazine rings is 1. The van der Waals surface area contributed by atoms with Gasteiger partial charge < -0.3 is 9.80 Å². The van der Waals surface area contributed by atoms with E-state index in [2.05, 4.69) is 11.8 Å². The summed E-state index contributed by atoms with van der Waals surface area (Å²) in [5.74, 6) is -0.591. The molecule has 2 heterocycles. The second-order valence-electron chi connectivity index (χ2n) is 8.90. The molecule has 1 amide bonds. The van der Waals surface area contributed by atoms with Gasteiger partial charge in [-0.1, -0.05) is 46.9 Å². The fourth-order valence-corrected chi connectivity index (χ4v) is 7.22. The largest absolute Gasteiger partial charge is 0.368 e. The zero-order chi connectivity index (χ0) is 24.5. The Bertz CT molecular complexity index is 1150. The van der Waals surface area contributed by atoms with E-state index in [9.17, 15) is 13.2 Å². The molecule has 10 heteroatoms. The van der Waals surface area contributed by atoms with E-state index in [4.69, 9.17) is 34.8 Å². The Kier molecular flexibility index (Phi) is 7.99. The second kappa shape index (κ2) is 10.6. The second-order valence-corrected chi connectivity index (χ2v) is 12.1. The first-order valence-corrected chi connectivity index (χ1v) is 14.1. The lowest BCUT2D eigenvalue weighted by molar-refractivity contribution is -0.137. The number of hydrogen-bond acceptors (Lipinski definition) is 4. The summed E-state index contributed by atoms with van der Waals surface area (Å²) in [6.07, 6.45) is 1.33. The molecule has 0 saturated carbocycles. The van der Waals surface area contributed by atoms with Gasteiger partial charge in [0.25, 0.3) is 0 Å². The minimum absolute atomic E-state index is 0.0261. The zero-order valence-corrected chi connectivity index (χ0v) is 22.1. The minimum Gasteiger partial charge on any atom is -0.368 e. The van der Waals surface area contributed by atoms with Gasteiger partial charge in [0.2, 0.25) is 15.9 Å². The maximum Gasteiger partial charge on any atom is 0.227 e. The van der Waals surface area contributed by atoms with Crippen LogP contribution in [0.25, 0.3) is 0 Å². The van der Waals surface area contributed by atoms with Crippen LogP contribution in [-0.4, -0.2) is 62.8 Å². The van der Waals surface area contributed by atoms with Gasteiger partial charge in [-0.2, -0.15) is 0 Å². The van der Waals surface area contributed by atoms with Gasteiger partial charge in [-0.25, -0.2) is 12.7 Å². The molecule has 0 N–H and O–H groups in total. The highest BCUT2D eigenvalue weighted by molar-refractivity contribution is 7.88. The van der Waals surface area contributed by atoms with Gasteiger partial charge in [0.05, 0.1) is 11.7 Å². The van der Waals surface area contributed by atoms with Gasteiger partial charge in [0, 0.05) is 65.6 Å². The van der Waals surface area contributed by atoms with Gasteiger partial charge >= 0.3 is 0 Å². The molecule has 6 nitrogen and oxygen atoms in total. The molecule has 4 rings (SSSR count). The SMILES string of the molecule is Cc1ccc(Cl)cc1N1CCN(C(=O)[C@@H]2CCCN(S(=O)(=O)Cc3c(Cl)cccc3Cl)C2)CC1. The summed E-state index contributed by atoms with van der Waals surface area (Å²) in [5, 5.41) is 1.35. The summed E-state index contributed by atoms with van der Waals surface area (Å²) in [4.78, 5) is 17.4. The molecule has 1 atom stereocenters. The fourth-order valence-electron chi connectivity index (χ4n) is 4.69. The lowest BCUT2D eigenvalue weighted by Crippen LogP contribution is -2.53. The Hall–Kier alpha value is -1.51. The van der Waals surface area contributed by atoms with Crippen molar-refractivity contribution in [3.05, 3.63) is 62.6 Å². The summed E-state index contributed by atoms with van der Waals surface area (Å²) >= 11 is 18.6. The van der Waals surface area contributed by atoms with Crippen molar-refractivity contribution in [2.45, 2.75) is 25.5 Å². The number of sulfonamides is 1. The van der Waals surface area contributed by atoms with E-state index in [1.54, 1.807) is 18.2 Å². The number of hydrogen-bond donors (Lipinski definition) is 0. The van der Waals surface area contributed by atoms with E-state index >= 15 is 0 Å². The number of carbonyl (C=O) groups is 1. The lowest BCUT2D eigenvalue weighted by atomic mass is 9.97. The van der Waals surface area contributed by atoms with Gasteiger partial charge in [-0.05, 0) is 49.6 Å². The van der Waals surface area contributed by atoms with Gasteiger partial charge in [-0.15, -0.1) is 0 Å². The van der Waals surface area contributed by atoms with Crippen LogP contribution < -0.4 is 4.90 Å². The number of piperidine rings is 1. The molecule has 0 aliphatic carbocycles. The molecule has 0 unspecified atom stereocenters. The average Bonchev–Trinajstić information content (AvgIpc) is 2.83. The Balaban J connectivity index is 1.38. The van der Waals surface area contributed by atoms with Crippen molar-refractivity contribution < 1.29 is 13.2 Å². The standard InChI is InChI=1S/C24H28Cl3N3O3S/c1-17-7-8-19(25)14-23(17)28-10-12-29(13-11-28)24(31)18-4-3-9-30(15-18)34(32,33)16-20-21(26)5-2-6-22(20)27/h2,5-8,14,18H,3-4,9-13,15-16H2,1H3/t18-/m1/s1. The van der Waals surface area contributed by atoms with E-state index in [0.717, 1.165) is 11.3 Å². The van der Waals surface area contributed by atoms with Crippen LogP contribution in [0.2, 0.25) is 15.1 Å². The maximum atomic E-state index is 13.3. The Morgan fingerprint density at radius 2 is 1.68 bits per heavy atom. The van der Waals surface area contributed by atoms with Crippen LogP contribution >= 0.6 is 34.8 Å². The Morgan fingerprint density at radius 3 is 2.35 bits per heavy atom. The third-order valence-electron chi connectivity index (χ3n) is 6.62. The van der Waals surface area contributed by atoms with E-state index < -0.39 is 10.0 Å². The Morgan fingerprint density at radius 1 is 1.00 bits per heavy atom. The first-order chi connectivity index (χ1) is 16.2. The number of nitrogens with zero attached hydrogens (tertiary/aromatic N) is 3. The van der Waals surface area contributed by atoms with Crippen LogP contribution in [0.1, 0.15) is 24.0 Å². The summed E-state index contributed by atoms with van der Waals surface area (Å²) < 4.78 is 27.7. The first-order valence-electron chi connectivity index (χ1n) is 11.4. The van der Waals surface area contributed by atoms with E-state index in [0.29, 0.717) is 66.2 Å². The van der Waals surface area contributed by atoms with Crippen LogP contribution in [0.5, 0.6) is 0 Å². The normalized spacial score (nSPS) is 19.9. The molecule has 2 saturated heterocycles. The van der Waals surface area contributed by atoms with Crippen molar-refractivity contribution in [1.29, 1.82) is 0 Å². The number of halogens is 3. The molecule has 2 aliphatic rings. The lowest BCUT2D eigenvalue weighted by Gasteiger charge is -2.40. The van der Waals surface area contributed by atoms with Crippen molar-refractivity contribution in [2.24, 2.45) is 5.92 Å². The average molecular weight is 545 g/mol. The molecule has 0 radical (unpaired) electrons. The number of carbonyl (C=O) groups excluding carboxylic acids is 1. The predicted molar refractivity (Wildman–Crippen MR) is 138 cm³/mol. The third-order valence-corrected chi connectivity index (χ3v) is 9.33. The van der Waals surface area contributed by atoms with Crippen molar-refractivity contribution in [3.63, 3.8) is 0 Å². The molecule has 2 aliphatic heterocycles. The molecular formula is C24H28Cl3N3O3S. The van der Waals surface area contributed by atoms with Crippen molar-refractivity contribution in [3.8, 4) is 0 Å². The smallest absolute Gasteiger partial charge is 0.227 e. The van der Waals surface area contributed by atoms with Crippen molar-refractivity contribution in [2.75, 3.05) is 44.2 Å². The summed E-state index contributed by atoms with van der Waals surface area (Å²) in [5.41, 5.74) is 2.63. The molecule has 0 spiro atoms. The number of rotatable bonds is 5. The predicted octanol–water partition coefficient (Wildman–Crippen LogP) is 4.85. The molecule has 0 aromatic heterocycles. The van der Waals surface area contributed by atoms with Crippen LogP contribution in [0.15, 0.2) is 36.4 Å². The monoisotopic (exact) mass is 543 g/mol. The molecule has 34 heavy (non-hydrogen) atoms. The van der Waals surface area contributed by atoms with E-state index in [1.807, 2.05) is 23.1 Å². The number of anilines is 1. The molecule has 0 bridgehead atoms. The zero-order valence-electron chi connectivity index (χ0n) is 19.0. The summed E-state index contributed by atoms with van der Waals surface area (Å²) in [7, 11) is -3.66. The number of aryl methyl sites for hydroxylation is 1. The highest BCUT2D eigenvalue weighted by Crippen LogP contribution is 2.30. The van der Waals surface area contributed by atoms with Crippen LogP contribution in [0, 0.1) is 12.8 Å². The van der Waals surface area contributed by atoms with Crippen molar-refractivity contribution >= 4 is 56.4 Å². The summed E-state index contributed by atoms with van der Waals surface area (Å²) in [6, 6.07) is 10.8. The van der Waals surface area contributed by atoms with E-state index in [1.165, 1.54) is 4.31 Å². The number of amides is 1. The van der Waals surface area contributed by atoms with Gasteiger partial charge in [-0.3, -0.25) is 4.79 Å². The highest BCUT2D eigenvalue weighted by atomic mass is 35.5. The highest BCUT2D eigenvalue weighted by Gasteiger charge is 2.35. The first kappa shape index (κ1) is 25.6. The van der Waals surface area contributed by atoms with Crippen molar-refractivity contribution in [1.82, 2.24) is 9.21 Å². The van der Waals surface area contributed by atoms with Crippen LogP contribution in [0.3, 0.4) is 0 Å². The van der Waals surface area contributed by atoms with Crippen LogP contribution in [0.4, 0.5) is 5.69 Å². The summed E-state index contributed by atoms with van der Waals surface area (Å²) in [6.45, 7) is 5.27. The van der Waals surface area contributed by atoms with Gasteiger partial charge in [0.15, 0.2) is 0 Å². The molecule has 2 fully saturated rings. The van der Waals surface area contributed by atoms with Gasteiger partial charge in [0.1, 0.15) is 0 Å². The quantitative estimate of drug-likeness (QED) is 0.540. The van der Waals surface area contributed by atoms with E-state index in [-0.39, 0.29) is 24.1 Å².